The number of ether oxygens (including phenoxy) is 2. The Morgan fingerprint density at radius 1 is 1.09 bits per heavy atom. The fourth-order valence-electron chi connectivity index (χ4n) is 3.43. The average molecular weight is 447 g/mol. The van der Waals surface area contributed by atoms with E-state index in [1.807, 2.05) is 42.5 Å². The highest BCUT2D eigenvalue weighted by Gasteiger charge is 2.20. The van der Waals surface area contributed by atoms with Crippen LogP contribution in [0.25, 0.3) is 16.9 Å². The second-order valence-corrected chi connectivity index (χ2v) is 7.34. The summed E-state index contributed by atoms with van der Waals surface area (Å²) < 4.78 is 17.6. The zero-order chi connectivity index (χ0) is 23.2. The van der Waals surface area contributed by atoms with Gasteiger partial charge in [0.25, 0.3) is 5.91 Å². The first-order chi connectivity index (χ1) is 16.1. The summed E-state index contributed by atoms with van der Waals surface area (Å²) in [7, 11) is 3.15. The molecular weight excluding hydrogens is 422 g/mol. The van der Waals surface area contributed by atoms with E-state index >= 15 is 0 Å². The van der Waals surface area contributed by atoms with E-state index in [-0.39, 0.29) is 5.91 Å². The van der Waals surface area contributed by atoms with Crippen LogP contribution in [0.5, 0.6) is 11.5 Å². The monoisotopic (exact) mass is 447 g/mol. The van der Waals surface area contributed by atoms with Crippen LogP contribution < -0.4 is 14.8 Å². The van der Waals surface area contributed by atoms with Gasteiger partial charge < -0.3 is 19.3 Å². The van der Waals surface area contributed by atoms with Crippen molar-refractivity contribution in [3.63, 3.8) is 0 Å². The summed E-state index contributed by atoms with van der Waals surface area (Å²) in [6.45, 7) is 2.23. The smallest absolute Gasteiger partial charge is 0.255 e. The molecule has 0 atom stereocenters. The van der Waals surface area contributed by atoms with Crippen molar-refractivity contribution in [3.8, 4) is 28.4 Å². The molecule has 0 aliphatic heterocycles. The maximum atomic E-state index is 13.1. The fourth-order valence-corrected chi connectivity index (χ4v) is 3.43. The van der Waals surface area contributed by atoms with E-state index in [9.17, 15) is 4.79 Å². The second kappa shape index (κ2) is 9.99. The highest BCUT2D eigenvalue weighted by Crippen LogP contribution is 2.33. The van der Waals surface area contributed by atoms with Crippen LogP contribution in [-0.4, -0.2) is 46.6 Å². The minimum atomic E-state index is -0.219. The van der Waals surface area contributed by atoms with Crippen molar-refractivity contribution in [1.29, 1.82) is 0 Å². The number of nitrogens with zero attached hydrogens (tertiary/aromatic N) is 4. The van der Waals surface area contributed by atoms with E-state index < -0.39 is 0 Å². The molecule has 0 unspecified atom stereocenters. The van der Waals surface area contributed by atoms with Gasteiger partial charge >= 0.3 is 0 Å². The third-order valence-corrected chi connectivity index (χ3v) is 5.06. The van der Waals surface area contributed by atoms with E-state index in [4.69, 9.17) is 19.1 Å². The van der Waals surface area contributed by atoms with Gasteiger partial charge in [-0.3, -0.25) is 4.79 Å². The predicted octanol–water partition coefficient (Wildman–Crippen LogP) is 3.61. The summed E-state index contributed by atoms with van der Waals surface area (Å²) in [5, 5.41) is 11.4. The Bertz CT molecular complexity index is 1230. The second-order valence-electron chi connectivity index (χ2n) is 7.34. The van der Waals surface area contributed by atoms with E-state index in [0.717, 1.165) is 11.3 Å². The first-order valence-corrected chi connectivity index (χ1v) is 10.5. The number of hydrogen-bond donors (Lipinski definition) is 1. The molecule has 170 valence electrons. The zero-order valence-electron chi connectivity index (χ0n) is 18.7. The average Bonchev–Trinajstić information content (AvgIpc) is 3.48. The van der Waals surface area contributed by atoms with Crippen LogP contribution in [0.15, 0.2) is 59.3 Å². The van der Waals surface area contributed by atoms with Crippen LogP contribution in [0.4, 0.5) is 0 Å². The van der Waals surface area contributed by atoms with Crippen LogP contribution >= 0.6 is 0 Å². The Morgan fingerprint density at radius 3 is 2.58 bits per heavy atom. The number of carbonyl (C=O) groups is 1. The standard InChI is InChI=1S/C24H25N5O4/c1-16-26-22(33-28-16)10-7-13-25-24(30)19-15-29(18-8-5-4-6-9-18)27-23(19)17-11-12-20(31-2)21(14-17)32-3/h4-6,8-9,11-12,14-15H,7,10,13H2,1-3H3,(H,25,30). The van der Waals surface area contributed by atoms with Gasteiger partial charge in [-0.15, -0.1) is 0 Å². The normalized spacial score (nSPS) is 10.8. The van der Waals surface area contributed by atoms with Gasteiger partial charge in [0.2, 0.25) is 5.89 Å². The molecule has 4 aromatic rings. The number of hydrogen-bond acceptors (Lipinski definition) is 7. The van der Waals surface area contributed by atoms with Crippen molar-refractivity contribution in [2.75, 3.05) is 20.8 Å². The molecular formula is C24H25N5O4. The molecule has 1 N–H and O–H groups in total. The van der Waals surface area contributed by atoms with Crippen LogP contribution in [0, 0.1) is 6.92 Å². The van der Waals surface area contributed by atoms with Crippen LogP contribution in [0.1, 0.15) is 28.5 Å². The summed E-state index contributed by atoms with van der Waals surface area (Å²) in [6.07, 6.45) is 3.00. The molecule has 1 amide bonds. The Balaban J connectivity index is 1.59. The Hall–Kier alpha value is -4.14. The van der Waals surface area contributed by atoms with Crippen molar-refractivity contribution in [1.82, 2.24) is 25.2 Å². The molecule has 0 saturated heterocycles. The highest BCUT2D eigenvalue weighted by molar-refractivity contribution is 6.00. The molecule has 2 aromatic heterocycles. The fraction of sp³-hybridized carbons (Fsp3) is 0.250. The van der Waals surface area contributed by atoms with Crippen molar-refractivity contribution in [2.24, 2.45) is 0 Å². The molecule has 33 heavy (non-hydrogen) atoms. The number of rotatable bonds is 9. The lowest BCUT2D eigenvalue weighted by molar-refractivity contribution is 0.0953. The molecule has 0 aliphatic rings. The van der Waals surface area contributed by atoms with Gasteiger partial charge in [-0.2, -0.15) is 10.1 Å². The maximum absolute atomic E-state index is 13.1. The predicted molar refractivity (Wildman–Crippen MR) is 122 cm³/mol. The molecule has 4 rings (SSSR count). The van der Waals surface area contributed by atoms with Crippen LogP contribution in [0.3, 0.4) is 0 Å². The lowest BCUT2D eigenvalue weighted by Gasteiger charge is -2.09. The Labute approximate surface area is 191 Å². The molecule has 0 radical (unpaired) electrons. The molecule has 9 heteroatoms. The maximum Gasteiger partial charge on any atom is 0.255 e. The first kappa shape index (κ1) is 22.1. The van der Waals surface area contributed by atoms with Crippen molar-refractivity contribution >= 4 is 5.91 Å². The Morgan fingerprint density at radius 2 is 1.88 bits per heavy atom. The number of benzene rings is 2. The minimum absolute atomic E-state index is 0.219. The van der Waals surface area contributed by atoms with Gasteiger partial charge in [0.1, 0.15) is 5.69 Å². The van der Waals surface area contributed by atoms with Crippen molar-refractivity contribution in [2.45, 2.75) is 19.8 Å². The van der Waals surface area contributed by atoms with Gasteiger partial charge in [0.05, 0.1) is 25.5 Å². The van der Waals surface area contributed by atoms with Crippen LogP contribution in [0.2, 0.25) is 0 Å². The van der Waals surface area contributed by atoms with E-state index in [2.05, 4.69) is 15.5 Å². The van der Waals surface area contributed by atoms with Crippen LogP contribution in [-0.2, 0) is 6.42 Å². The lowest BCUT2D eigenvalue weighted by Crippen LogP contribution is -2.25. The molecule has 0 spiro atoms. The molecule has 9 nitrogen and oxygen atoms in total. The third-order valence-electron chi connectivity index (χ3n) is 5.06. The summed E-state index contributed by atoms with van der Waals surface area (Å²) in [4.78, 5) is 17.3. The Kier molecular flexibility index (Phi) is 6.68. The number of aromatic nitrogens is 4. The quantitative estimate of drug-likeness (QED) is 0.391. The third kappa shape index (κ3) is 5.03. The molecule has 0 bridgehead atoms. The SMILES string of the molecule is COc1ccc(-c2nn(-c3ccccc3)cc2C(=O)NCCCc2nc(C)no2)cc1OC. The van der Waals surface area contributed by atoms with Gasteiger partial charge in [-0.1, -0.05) is 23.4 Å². The van der Waals surface area contributed by atoms with Crippen molar-refractivity contribution in [3.05, 3.63) is 72.0 Å². The van der Waals surface area contributed by atoms with Gasteiger partial charge in [0.15, 0.2) is 17.3 Å². The van der Waals surface area contributed by atoms with Gasteiger partial charge in [0, 0.05) is 24.7 Å². The summed E-state index contributed by atoms with van der Waals surface area (Å²) in [5.74, 6) is 2.10. The van der Waals surface area contributed by atoms with E-state index in [1.165, 1.54) is 0 Å². The summed E-state index contributed by atoms with van der Waals surface area (Å²) >= 11 is 0. The first-order valence-electron chi connectivity index (χ1n) is 10.5. The lowest BCUT2D eigenvalue weighted by atomic mass is 10.1. The molecule has 2 aromatic carbocycles. The number of methoxy groups -OCH3 is 2. The van der Waals surface area contributed by atoms with E-state index in [1.54, 1.807) is 38.1 Å². The minimum Gasteiger partial charge on any atom is -0.493 e. The number of aryl methyl sites for hydroxylation is 2. The van der Waals surface area contributed by atoms with Crippen molar-refractivity contribution < 1.29 is 18.8 Å². The number of amides is 1. The zero-order valence-corrected chi connectivity index (χ0v) is 18.7. The molecule has 0 saturated carbocycles. The van der Waals surface area contributed by atoms with Gasteiger partial charge in [-0.25, -0.2) is 4.68 Å². The van der Waals surface area contributed by atoms with E-state index in [0.29, 0.717) is 53.9 Å². The number of nitrogens with one attached hydrogen (secondary N) is 1. The summed E-state index contributed by atoms with van der Waals surface area (Å²) in [5.41, 5.74) is 2.60. The molecule has 2 heterocycles. The highest BCUT2D eigenvalue weighted by atomic mass is 16.5. The summed E-state index contributed by atoms with van der Waals surface area (Å²) in [6, 6.07) is 15.1. The molecule has 0 aliphatic carbocycles. The van der Waals surface area contributed by atoms with Gasteiger partial charge in [-0.05, 0) is 43.7 Å². The number of para-hydroxylation sites is 1. The topological polar surface area (TPSA) is 104 Å². The largest absolute Gasteiger partial charge is 0.493 e. The number of carbonyl (C=O) groups excluding carboxylic acids is 1. The molecule has 0 fully saturated rings.